The molecule has 4 nitrogen and oxygen atoms in total. The topological polar surface area (TPSA) is 49.8 Å². The zero-order chi connectivity index (χ0) is 15.3. The maximum absolute atomic E-state index is 10.8. The Morgan fingerprint density at radius 3 is 2.62 bits per heavy atom. The lowest BCUT2D eigenvalue weighted by molar-refractivity contribution is 0.0697. The lowest BCUT2D eigenvalue weighted by atomic mass is 9.85. The first-order valence-electron chi connectivity index (χ1n) is 7.65. The Labute approximate surface area is 126 Å². The van der Waals surface area contributed by atoms with Crippen molar-refractivity contribution in [3.05, 3.63) is 29.8 Å². The summed E-state index contributed by atoms with van der Waals surface area (Å²) in [6, 6.07) is 6.59. The zero-order valence-corrected chi connectivity index (χ0v) is 13.0. The quantitative estimate of drug-likeness (QED) is 0.904. The summed E-state index contributed by atoms with van der Waals surface area (Å²) in [6.45, 7) is 8.54. The number of ether oxygens (including phenoxy) is 1. The van der Waals surface area contributed by atoms with Crippen molar-refractivity contribution in [2.24, 2.45) is 5.41 Å². The lowest BCUT2D eigenvalue weighted by Crippen LogP contribution is -2.30. The van der Waals surface area contributed by atoms with Gasteiger partial charge in [0.15, 0.2) is 0 Å². The Hall–Kier alpha value is -1.55. The molecule has 0 atom stereocenters. The number of nitrogens with zero attached hydrogens (tertiary/aromatic N) is 1. The lowest BCUT2D eigenvalue weighted by Gasteiger charge is -2.23. The van der Waals surface area contributed by atoms with Gasteiger partial charge in [0, 0.05) is 6.54 Å². The first kappa shape index (κ1) is 15.8. The monoisotopic (exact) mass is 291 g/mol. The molecule has 0 aliphatic carbocycles. The molecule has 1 heterocycles. The van der Waals surface area contributed by atoms with Gasteiger partial charge in [0.25, 0.3) is 0 Å². The molecule has 1 aromatic rings. The zero-order valence-electron chi connectivity index (χ0n) is 13.0. The maximum atomic E-state index is 10.8. The Morgan fingerprint density at radius 2 is 1.95 bits per heavy atom. The van der Waals surface area contributed by atoms with Gasteiger partial charge < -0.3 is 9.84 Å². The molecule has 4 heteroatoms. The van der Waals surface area contributed by atoms with Gasteiger partial charge in [-0.15, -0.1) is 0 Å². The molecular formula is C17H25NO3. The standard InChI is InChI=1S/C17H25NO3/c1-17(2)8-3-10-18(11-9-17)12-13-21-15-6-4-14(5-7-15)16(19)20/h4-7H,3,8-13H2,1-2H3,(H,19,20). The van der Waals surface area contributed by atoms with Crippen molar-refractivity contribution >= 4 is 5.97 Å². The second-order valence-electron chi connectivity index (χ2n) is 6.54. The Morgan fingerprint density at radius 1 is 1.24 bits per heavy atom. The Balaban J connectivity index is 1.75. The van der Waals surface area contributed by atoms with Gasteiger partial charge in [0.2, 0.25) is 0 Å². The van der Waals surface area contributed by atoms with Crippen molar-refractivity contribution in [1.29, 1.82) is 0 Å². The number of rotatable bonds is 5. The summed E-state index contributed by atoms with van der Waals surface area (Å²) in [4.78, 5) is 13.2. The van der Waals surface area contributed by atoms with Crippen LogP contribution in [-0.4, -0.2) is 42.2 Å². The van der Waals surface area contributed by atoms with E-state index >= 15 is 0 Å². The summed E-state index contributed by atoms with van der Waals surface area (Å²) < 4.78 is 5.70. The van der Waals surface area contributed by atoms with E-state index in [4.69, 9.17) is 9.84 Å². The molecule has 1 N–H and O–H groups in total. The van der Waals surface area contributed by atoms with Crippen LogP contribution in [-0.2, 0) is 0 Å². The number of benzene rings is 1. The molecule has 1 aliphatic rings. The van der Waals surface area contributed by atoms with Crippen LogP contribution >= 0.6 is 0 Å². The van der Waals surface area contributed by atoms with E-state index in [2.05, 4.69) is 18.7 Å². The average molecular weight is 291 g/mol. The third-order valence-corrected chi connectivity index (χ3v) is 4.21. The van der Waals surface area contributed by atoms with Crippen molar-refractivity contribution in [2.75, 3.05) is 26.2 Å². The SMILES string of the molecule is CC1(C)CCCN(CCOc2ccc(C(=O)O)cc2)CC1. The van der Waals surface area contributed by atoms with E-state index < -0.39 is 5.97 Å². The second kappa shape index (κ2) is 6.94. The molecule has 0 amide bonds. The predicted molar refractivity (Wildman–Crippen MR) is 83.0 cm³/mol. The summed E-state index contributed by atoms with van der Waals surface area (Å²) in [5.74, 6) is -0.177. The van der Waals surface area contributed by atoms with Gasteiger partial charge >= 0.3 is 5.97 Å². The average Bonchev–Trinajstić information content (AvgIpc) is 2.61. The molecule has 0 radical (unpaired) electrons. The summed E-state index contributed by atoms with van der Waals surface area (Å²) in [7, 11) is 0. The molecule has 0 spiro atoms. The van der Waals surface area contributed by atoms with Gasteiger partial charge in [-0.05, 0) is 62.0 Å². The van der Waals surface area contributed by atoms with Gasteiger partial charge in [-0.1, -0.05) is 13.8 Å². The first-order valence-corrected chi connectivity index (χ1v) is 7.65. The molecule has 0 unspecified atom stereocenters. The maximum Gasteiger partial charge on any atom is 0.335 e. The van der Waals surface area contributed by atoms with Crippen LogP contribution in [0.4, 0.5) is 0 Å². The van der Waals surface area contributed by atoms with E-state index in [0.29, 0.717) is 12.0 Å². The van der Waals surface area contributed by atoms with Gasteiger partial charge in [0.1, 0.15) is 12.4 Å². The largest absolute Gasteiger partial charge is 0.492 e. The predicted octanol–water partition coefficient (Wildman–Crippen LogP) is 3.28. The summed E-state index contributed by atoms with van der Waals surface area (Å²) in [5.41, 5.74) is 0.750. The highest BCUT2D eigenvalue weighted by Gasteiger charge is 2.22. The number of carbonyl (C=O) groups is 1. The minimum absolute atomic E-state index is 0.289. The minimum atomic E-state index is -0.909. The fourth-order valence-corrected chi connectivity index (χ4v) is 2.69. The molecule has 116 valence electrons. The van der Waals surface area contributed by atoms with Crippen molar-refractivity contribution in [2.45, 2.75) is 33.1 Å². The van der Waals surface area contributed by atoms with Crippen LogP contribution in [0.1, 0.15) is 43.5 Å². The van der Waals surface area contributed by atoms with Crippen LogP contribution in [0.3, 0.4) is 0 Å². The normalized spacial score (nSPS) is 19.0. The van der Waals surface area contributed by atoms with Crippen LogP contribution in [0.2, 0.25) is 0 Å². The molecule has 0 bridgehead atoms. The smallest absolute Gasteiger partial charge is 0.335 e. The molecule has 1 aromatic carbocycles. The van der Waals surface area contributed by atoms with Gasteiger partial charge in [0.05, 0.1) is 5.56 Å². The first-order chi connectivity index (χ1) is 9.96. The Bertz CT molecular complexity index is 467. The van der Waals surface area contributed by atoms with E-state index in [1.165, 1.54) is 19.3 Å². The molecule has 0 saturated carbocycles. The van der Waals surface area contributed by atoms with E-state index in [9.17, 15) is 4.79 Å². The van der Waals surface area contributed by atoms with Crippen LogP contribution in [0.5, 0.6) is 5.75 Å². The molecular weight excluding hydrogens is 266 g/mol. The molecule has 1 saturated heterocycles. The number of hydrogen-bond acceptors (Lipinski definition) is 3. The number of likely N-dealkylation sites (tertiary alicyclic amines) is 1. The molecule has 1 aliphatic heterocycles. The van der Waals surface area contributed by atoms with Gasteiger partial charge in [-0.3, -0.25) is 4.90 Å². The molecule has 2 rings (SSSR count). The van der Waals surface area contributed by atoms with Gasteiger partial charge in [-0.2, -0.15) is 0 Å². The fourth-order valence-electron chi connectivity index (χ4n) is 2.69. The Kier molecular flexibility index (Phi) is 5.23. The van der Waals surface area contributed by atoms with Crippen molar-refractivity contribution < 1.29 is 14.6 Å². The summed E-state index contributed by atoms with van der Waals surface area (Å²) in [6.07, 6.45) is 3.78. The van der Waals surface area contributed by atoms with Crippen LogP contribution in [0.15, 0.2) is 24.3 Å². The number of aromatic carboxylic acids is 1. The highest BCUT2D eigenvalue weighted by Crippen LogP contribution is 2.29. The van der Waals surface area contributed by atoms with Crippen molar-refractivity contribution in [1.82, 2.24) is 4.90 Å². The van der Waals surface area contributed by atoms with Crippen LogP contribution in [0, 0.1) is 5.41 Å². The minimum Gasteiger partial charge on any atom is -0.492 e. The van der Waals surface area contributed by atoms with E-state index in [1.807, 2.05) is 0 Å². The van der Waals surface area contributed by atoms with Crippen molar-refractivity contribution in [3.63, 3.8) is 0 Å². The van der Waals surface area contributed by atoms with E-state index in [-0.39, 0.29) is 5.56 Å². The fraction of sp³-hybridized carbons (Fsp3) is 0.588. The number of carboxylic acids is 1. The van der Waals surface area contributed by atoms with E-state index in [1.54, 1.807) is 24.3 Å². The van der Waals surface area contributed by atoms with E-state index in [0.717, 1.165) is 25.4 Å². The highest BCUT2D eigenvalue weighted by atomic mass is 16.5. The number of carboxylic acid groups (broad SMARTS) is 1. The third kappa shape index (κ3) is 5.05. The molecule has 21 heavy (non-hydrogen) atoms. The summed E-state index contributed by atoms with van der Waals surface area (Å²) in [5, 5.41) is 8.84. The number of hydrogen-bond donors (Lipinski definition) is 1. The third-order valence-electron chi connectivity index (χ3n) is 4.21. The van der Waals surface area contributed by atoms with Crippen LogP contribution < -0.4 is 4.74 Å². The molecule has 0 aromatic heterocycles. The van der Waals surface area contributed by atoms with Crippen molar-refractivity contribution in [3.8, 4) is 5.75 Å². The highest BCUT2D eigenvalue weighted by molar-refractivity contribution is 5.87. The molecule has 1 fully saturated rings. The second-order valence-corrected chi connectivity index (χ2v) is 6.54. The summed E-state index contributed by atoms with van der Waals surface area (Å²) >= 11 is 0. The van der Waals surface area contributed by atoms with Crippen LogP contribution in [0.25, 0.3) is 0 Å². The van der Waals surface area contributed by atoms with Gasteiger partial charge in [-0.25, -0.2) is 4.79 Å².